The Labute approximate surface area is 438 Å². The Morgan fingerprint density at radius 2 is 0.622 bits per heavy atom. The van der Waals surface area contributed by atoms with Crippen molar-refractivity contribution >= 4 is 29.5 Å². The smallest absolute Gasteiger partial charge is 0.338 e. The highest BCUT2D eigenvalue weighted by molar-refractivity contribution is 6.09. The highest BCUT2D eigenvalue weighted by atomic mass is 16.5. The molecule has 0 saturated carbocycles. The van der Waals surface area contributed by atoms with Crippen LogP contribution in [0.1, 0.15) is 194 Å². The zero-order valence-electron chi connectivity index (χ0n) is 43.8. The number of fused-ring (bicyclic) bond motifs is 5. The normalized spacial score (nSPS) is 11.2. The summed E-state index contributed by atoms with van der Waals surface area (Å²) in [4.78, 5) is 54.5. The maximum atomic E-state index is 13.6. The van der Waals surface area contributed by atoms with E-state index in [1.807, 2.05) is 72.8 Å². The van der Waals surface area contributed by atoms with E-state index in [0.717, 1.165) is 131 Å². The summed E-state index contributed by atoms with van der Waals surface area (Å²) >= 11 is 0. The van der Waals surface area contributed by atoms with Gasteiger partial charge in [0, 0.05) is 16.7 Å². The fourth-order valence-electron chi connectivity index (χ4n) is 9.34. The van der Waals surface area contributed by atoms with Crippen LogP contribution in [0.5, 0.6) is 0 Å². The highest BCUT2D eigenvalue weighted by Crippen LogP contribution is 2.45. The molecule has 0 fully saturated rings. The summed E-state index contributed by atoms with van der Waals surface area (Å²) in [5.41, 5.74) is 10.5. The Kier molecular flexibility index (Phi) is 20.7. The van der Waals surface area contributed by atoms with Gasteiger partial charge < -0.3 is 18.9 Å². The summed E-state index contributed by atoms with van der Waals surface area (Å²) in [6, 6.07) is 34.4. The number of hydrogen-bond acceptors (Lipinski definition) is 8. The molecular formula is C66H70O8. The Morgan fingerprint density at radius 3 is 0.905 bits per heavy atom. The van der Waals surface area contributed by atoms with Crippen molar-refractivity contribution in [2.75, 3.05) is 26.4 Å². The summed E-state index contributed by atoms with van der Waals surface area (Å²) in [5, 5.41) is 0. The van der Waals surface area contributed by atoms with E-state index in [2.05, 4.69) is 75.6 Å². The molecule has 0 heterocycles. The summed E-state index contributed by atoms with van der Waals surface area (Å²) < 4.78 is 23.0. The minimum Gasteiger partial charge on any atom is -0.462 e. The largest absolute Gasteiger partial charge is 0.462 e. The molecule has 0 radical (unpaired) electrons. The Balaban J connectivity index is 1.29. The van der Waals surface area contributed by atoms with Crippen molar-refractivity contribution in [3.8, 4) is 57.1 Å². The standard InChI is InChI=1S/C66H70O8/c1-5-9-13-21-41-71-63(67)58-45-59(64(68)72-42-22-14-10-6-2)53-38-32-47(31-37-52(53)58)29-35-49(62-56-27-19-17-25-50(56)51-26-18-20-28-57(51)62)36-30-48-33-39-54-55(40-34-48)61(66(70)74-44-24-16-12-8-4)46-60(54)65(69)73-43-23-15-11-7-3/h17-20,25-28,31-34,37-40,45-46H,5-16,21-24,41-44H2,1-4H3. The van der Waals surface area contributed by atoms with Crippen molar-refractivity contribution in [3.05, 3.63) is 159 Å². The summed E-state index contributed by atoms with van der Waals surface area (Å²) in [6.45, 7) is 9.73. The Hall–Kier alpha value is -7.42. The lowest BCUT2D eigenvalue weighted by molar-refractivity contribution is 0.0482. The van der Waals surface area contributed by atoms with Crippen LogP contribution >= 0.6 is 0 Å². The Bertz CT molecular complexity index is 2680. The maximum Gasteiger partial charge on any atom is 0.338 e. The average molecular weight is 991 g/mol. The van der Waals surface area contributed by atoms with Gasteiger partial charge in [-0.15, -0.1) is 0 Å². The van der Waals surface area contributed by atoms with E-state index in [4.69, 9.17) is 18.9 Å². The molecule has 74 heavy (non-hydrogen) atoms. The van der Waals surface area contributed by atoms with Gasteiger partial charge in [0.2, 0.25) is 0 Å². The molecule has 0 N–H and O–H groups in total. The van der Waals surface area contributed by atoms with Crippen LogP contribution in [0.25, 0.3) is 39.0 Å². The van der Waals surface area contributed by atoms with Gasteiger partial charge in [0.15, 0.2) is 0 Å². The number of rotatable bonds is 24. The Morgan fingerprint density at radius 1 is 0.338 bits per heavy atom. The molecule has 2 aromatic carbocycles. The van der Waals surface area contributed by atoms with Crippen molar-refractivity contribution in [2.45, 2.75) is 130 Å². The second-order valence-electron chi connectivity index (χ2n) is 19.0. The van der Waals surface area contributed by atoms with Crippen LogP contribution in [-0.4, -0.2) is 50.3 Å². The SMILES string of the molecule is CCCCCCOC(=O)c1cc(C(=O)OCCCCCC)c2ccc(C#CC(C#Cc3ccc4c(C(=O)OCCCCCC)cc(C(=O)OCCCCCC)c-4cc3)=C3c4ccccc4-c4ccccc43)ccc1-2. The third kappa shape index (κ3) is 14.0. The summed E-state index contributed by atoms with van der Waals surface area (Å²) in [6.07, 6.45) is 15.5. The van der Waals surface area contributed by atoms with Gasteiger partial charge in [0.05, 0.1) is 54.3 Å². The van der Waals surface area contributed by atoms with Crippen molar-refractivity contribution in [1.82, 2.24) is 0 Å². The van der Waals surface area contributed by atoms with E-state index in [0.29, 0.717) is 87.6 Å². The van der Waals surface area contributed by atoms with Crippen LogP contribution in [0.15, 0.2) is 115 Å². The molecule has 0 amide bonds. The first-order valence-corrected chi connectivity index (χ1v) is 27.1. The quantitative estimate of drug-likeness (QED) is 0.0255. The number of benzene rings is 2. The van der Waals surface area contributed by atoms with E-state index in [-0.39, 0.29) is 0 Å². The third-order valence-electron chi connectivity index (χ3n) is 13.4. The number of unbranched alkanes of at least 4 members (excludes halogenated alkanes) is 12. The molecule has 0 bridgehead atoms. The molecule has 2 aromatic rings. The van der Waals surface area contributed by atoms with Gasteiger partial charge in [-0.1, -0.05) is 201 Å². The fraction of sp³-hybridized carbons (Fsp3) is 0.364. The summed E-state index contributed by atoms with van der Waals surface area (Å²) in [5.74, 6) is 11.8. The second-order valence-corrected chi connectivity index (χ2v) is 19.0. The van der Waals surface area contributed by atoms with Crippen LogP contribution in [0.4, 0.5) is 0 Å². The first-order valence-electron chi connectivity index (χ1n) is 27.1. The number of carbonyl (C=O) groups is 4. The van der Waals surface area contributed by atoms with E-state index in [9.17, 15) is 19.2 Å². The summed E-state index contributed by atoms with van der Waals surface area (Å²) in [7, 11) is 0. The molecule has 0 unspecified atom stereocenters. The topological polar surface area (TPSA) is 105 Å². The average Bonchev–Trinajstić information content (AvgIpc) is 3.97. The van der Waals surface area contributed by atoms with Crippen molar-refractivity contribution in [1.29, 1.82) is 0 Å². The molecule has 0 atom stereocenters. The zero-order chi connectivity index (χ0) is 52.1. The molecule has 8 heteroatoms. The van der Waals surface area contributed by atoms with Gasteiger partial charge in [-0.3, -0.25) is 0 Å². The molecule has 0 spiro atoms. The van der Waals surface area contributed by atoms with Gasteiger partial charge in [0.1, 0.15) is 0 Å². The zero-order valence-corrected chi connectivity index (χ0v) is 43.8. The van der Waals surface area contributed by atoms with Gasteiger partial charge in [-0.2, -0.15) is 0 Å². The lowest BCUT2D eigenvalue weighted by Crippen LogP contribution is -2.07. The van der Waals surface area contributed by atoms with Gasteiger partial charge in [0.25, 0.3) is 0 Å². The first-order chi connectivity index (χ1) is 36.3. The molecule has 8 nitrogen and oxygen atoms in total. The molecule has 0 aliphatic heterocycles. The van der Waals surface area contributed by atoms with Crippen LogP contribution in [0.2, 0.25) is 0 Å². The molecule has 0 saturated heterocycles. The molecule has 382 valence electrons. The van der Waals surface area contributed by atoms with E-state index in [1.54, 1.807) is 12.1 Å². The lowest BCUT2D eigenvalue weighted by atomic mass is 9.98. The maximum absolute atomic E-state index is 13.6. The van der Waals surface area contributed by atoms with E-state index in [1.165, 1.54) is 0 Å². The number of allylic oxidation sites excluding steroid dienone is 1. The fourth-order valence-corrected chi connectivity index (χ4v) is 9.34. The lowest BCUT2D eigenvalue weighted by Gasteiger charge is -2.05. The second kappa shape index (κ2) is 28.1. The predicted octanol–water partition coefficient (Wildman–Crippen LogP) is 15.7. The first kappa shape index (κ1) is 54.4. The minimum absolute atomic E-state index is 0.298. The van der Waals surface area contributed by atoms with E-state index >= 15 is 0 Å². The highest BCUT2D eigenvalue weighted by Gasteiger charge is 2.28. The molecule has 5 aliphatic carbocycles. The minimum atomic E-state index is -0.482. The van der Waals surface area contributed by atoms with Crippen LogP contribution in [0, 0.1) is 23.7 Å². The monoisotopic (exact) mass is 991 g/mol. The van der Waals surface area contributed by atoms with Gasteiger partial charge >= 0.3 is 23.9 Å². The number of esters is 4. The van der Waals surface area contributed by atoms with Gasteiger partial charge in [-0.25, -0.2) is 19.2 Å². The van der Waals surface area contributed by atoms with E-state index < -0.39 is 23.9 Å². The molecular weight excluding hydrogens is 921 g/mol. The molecule has 5 aliphatic rings. The van der Waals surface area contributed by atoms with Crippen molar-refractivity contribution < 1.29 is 38.1 Å². The van der Waals surface area contributed by atoms with Crippen LogP contribution < -0.4 is 0 Å². The third-order valence-corrected chi connectivity index (χ3v) is 13.4. The van der Waals surface area contributed by atoms with Crippen molar-refractivity contribution in [3.63, 3.8) is 0 Å². The number of carbonyl (C=O) groups excluding carboxylic acids is 4. The van der Waals surface area contributed by atoms with Crippen LogP contribution in [0.3, 0.4) is 0 Å². The van der Waals surface area contributed by atoms with Crippen LogP contribution in [-0.2, 0) is 18.9 Å². The molecule has 7 rings (SSSR count). The number of hydrogen-bond donors (Lipinski definition) is 0. The molecule has 0 aromatic heterocycles. The predicted molar refractivity (Wildman–Crippen MR) is 295 cm³/mol. The van der Waals surface area contributed by atoms with Crippen molar-refractivity contribution in [2.24, 2.45) is 0 Å². The number of ether oxygens (including phenoxy) is 4. The van der Waals surface area contributed by atoms with Gasteiger partial charge in [-0.05, 0) is 107 Å².